The maximum absolute atomic E-state index is 11.6. The Hall–Kier alpha value is -7.36. The molecule has 2 heterocycles. The van der Waals surface area contributed by atoms with E-state index in [9.17, 15) is 5.11 Å². The first-order valence-electron chi connectivity index (χ1n) is 20.6. The smallest absolute Gasteiger partial charge is 0.124 e. The highest BCUT2D eigenvalue weighted by molar-refractivity contribution is 5.84. The number of hydrogen-bond acceptors (Lipinski definition) is 3. The molecule has 9 rings (SSSR count). The summed E-state index contributed by atoms with van der Waals surface area (Å²) in [6.45, 7) is 6.70. The maximum atomic E-state index is 11.6. The Morgan fingerprint density at radius 1 is 0.400 bits per heavy atom. The first-order chi connectivity index (χ1) is 29.3. The molecule has 0 aliphatic carbocycles. The molecule has 0 saturated carbocycles. The molecule has 0 aliphatic heterocycles. The van der Waals surface area contributed by atoms with Crippen molar-refractivity contribution in [3.63, 3.8) is 0 Å². The second kappa shape index (κ2) is 16.5. The number of aromatic hydroxyl groups is 1. The molecule has 0 saturated heterocycles. The fourth-order valence-corrected chi connectivity index (χ4v) is 8.15. The van der Waals surface area contributed by atoms with E-state index in [0.717, 1.165) is 61.5 Å². The van der Waals surface area contributed by atoms with Crippen LogP contribution in [0.2, 0.25) is 0 Å². The molecule has 2 aromatic heterocycles. The summed E-state index contributed by atoms with van der Waals surface area (Å²) >= 11 is 0. The highest BCUT2D eigenvalue weighted by atomic mass is 16.3. The third-order valence-corrected chi connectivity index (χ3v) is 11.9. The van der Waals surface area contributed by atoms with Crippen molar-refractivity contribution in [2.45, 2.75) is 32.1 Å². The van der Waals surface area contributed by atoms with Gasteiger partial charge in [0.1, 0.15) is 5.75 Å². The van der Waals surface area contributed by atoms with Crippen LogP contribution in [0.25, 0.3) is 67.2 Å². The first kappa shape index (κ1) is 38.2. The number of rotatable bonds is 10. The number of aromatic nitrogens is 2. The topological polar surface area (TPSA) is 46.0 Å². The summed E-state index contributed by atoms with van der Waals surface area (Å²) in [5.74, 6) is 0.440. The highest BCUT2D eigenvalue weighted by Gasteiger charge is 2.25. The van der Waals surface area contributed by atoms with Crippen molar-refractivity contribution in [2.24, 2.45) is 0 Å². The number of phenolic OH excluding ortho intramolecular Hbond substituents is 1. The largest absolute Gasteiger partial charge is 0.507 e. The Morgan fingerprint density at radius 3 is 1.57 bits per heavy atom. The summed E-state index contributed by atoms with van der Waals surface area (Å²) in [5, 5.41) is 11.6. The number of nitrogens with zero attached hydrogens (tertiary/aromatic N) is 2. The summed E-state index contributed by atoms with van der Waals surface area (Å²) in [6, 6.07) is 72.0. The Morgan fingerprint density at radius 2 is 0.900 bits per heavy atom. The van der Waals surface area contributed by atoms with Crippen LogP contribution >= 0.6 is 0 Å². The van der Waals surface area contributed by atoms with Crippen LogP contribution in [0.1, 0.15) is 48.9 Å². The van der Waals surface area contributed by atoms with Crippen molar-refractivity contribution in [2.75, 3.05) is 0 Å². The Kier molecular flexibility index (Phi) is 10.5. The zero-order valence-electron chi connectivity index (χ0n) is 34.1. The van der Waals surface area contributed by atoms with Gasteiger partial charge in [-0.3, -0.25) is 4.98 Å². The van der Waals surface area contributed by atoms with Gasteiger partial charge in [-0.25, -0.2) is 4.98 Å². The van der Waals surface area contributed by atoms with Gasteiger partial charge in [0.25, 0.3) is 0 Å². The molecule has 0 amide bonds. The quantitative estimate of drug-likeness (QED) is 0.150. The molecule has 0 bridgehead atoms. The van der Waals surface area contributed by atoms with Crippen LogP contribution in [0.3, 0.4) is 0 Å². The van der Waals surface area contributed by atoms with E-state index in [1.807, 2.05) is 36.5 Å². The van der Waals surface area contributed by atoms with Crippen LogP contribution < -0.4 is 0 Å². The van der Waals surface area contributed by atoms with Crippen LogP contribution in [-0.4, -0.2) is 15.1 Å². The molecule has 60 heavy (non-hydrogen) atoms. The average Bonchev–Trinajstić information content (AvgIpc) is 3.32. The van der Waals surface area contributed by atoms with E-state index in [4.69, 9.17) is 9.97 Å². The van der Waals surface area contributed by atoms with Crippen molar-refractivity contribution in [1.82, 2.24) is 9.97 Å². The van der Waals surface area contributed by atoms with Crippen LogP contribution in [0.5, 0.6) is 5.75 Å². The zero-order valence-corrected chi connectivity index (χ0v) is 34.1. The van der Waals surface area contributed by atoms with Gasteiger partial charge >= 0.3 is 0 Å². The van der Waals surface area contributed by atoms with Crippen molar-refractivity contribution in [3.8, 4) is 72.9 Å². The number of benzene rings is 7. The molecule has 1 unspecified atom stereocenters. The first-order valence-corrected chi connectivity index (χ1v) is 20.6. The van der Waals surface area contributed by atoms with Crippen LogP contribution in [-0.2, 0) is 5.41 Å². The second-order valence-electron chi connectivity index (χ2n) is 16.1. The summed E-state index contributed by atoms with van der Waals surface area (Å²) < 4.78 is 0. The molecule has 7 aromatic carbocycles. The van der Waals surface area contributed by atoms with E-state index in [0.29, 0.717) is 11.3 Å². The number of phenols is 1. The van der Waals surface area contributed by atoms with Crippen LogP contribution in [0.15, 0.2) is 212 Å². The van der Waals surface area contributed by atoms with E-state index >= 15 is 0 Å². The maximum Gasteiger partial charge on any atom is 0.124 e. The molecule has 1 atom stereocenters. The molecular weight excluding hydrogens is 729 g/mol. The van der Waals surface area contributed by atoms with Gasteiger partial charge in [-0.2, -0.15) is 0 Å². The van der Waals surface area contributed by atoms with Gasteiger partial charge in [0.2, 0.25) is 0 Å². The molecule has 0 radical (unpaired) electrons. The third kappa shape index (κ3) is 7.90. The van der Waals surface area contributed by atoms with E-state index in [1.165, 1.54) is 16.7 Å². The molecular formula is C57H46N2O. The van der Waals surface area contributed by atoms with E-state index in [2.05, 4.69) is 197 Å². The van der Waals surface area contributed by atoms with Gasteiger partial charge in [0.05, 0.1) is 17.1 Å². The number of hydrogen-bond donors (Lipinski definition) is 1. The lowest BCUT2D eigenvalue weighted by Gasteiger charge is -2.27. The number of pyridine rings is 2. The lowest BCUT2D eigenvalue weighted by molar-refractivity contribution is 0.476. The summed E-state index contributed by atoms with van der Waals surface area (Å²) in [7, 11) is 0. The average molecular weight is 775 g/mol. The minimum atomic E-state index is -0.310. The van der Waals surface area contributed by atoms with E-state index < -0.39 is 0 Å². The van der Waals surface area contributed by atoms with Gasteiger partial charge < -0.3 is 5.11 Å². The van der Waals surface area contributed by atoms with Crippen molar-refractivity contribution in [1.29, 1.82) is 0 Å². The minimum absolute atomic E-state index is 0.186. The Labute approximate surface area is 353 Å². The SMILES string of the molecule is CC(c1ccccc1)c1ccc(-c2cc(-c3cc(-c4ccccc4)cc(-c4cc(-c5ccccc5)ccn4)c3)nc(-c3cc(C(C)(C)c4ccccc4)ccc3O)c2)cc1. The third-order valence-electron chi connectivity index (χ3n) is 11.9. The van der Waals surface area contributed by atoms with Gasteiger partial charge in [0.15, 0.2) is 0 Å². The predicted octanol–water partition coefficient (Wildman–Crippen LogP) is 14.7. The normalized spacial score (nSPS) is 11.9. The molecule has 0 aliphatic rings. The van der Waals surface area contributed by atoms with Gasteiger partial charge in [-0.15, -0.1) is 0 Å². The van der Waals surface area contributed by atoms with E-state index in [1.54, 1.807) is 0 Å². The molecule has 0 spiro atoms. The molecule has 1 N–H and O–H groups in total. The van der Waals surface area contributed by atoms with Crippen molar-refractivity contribution >= 4 is 0 Å². The monoisotopic (exact) mass is 774 g/mol. The van der Waals surface area contributed by atoms with Gasteiger partial charge in [-0.05, 0) is 110 Å². The van der Waals surface area contributed by atoms with Crippen LogP contribution in [0.4, 0.5) is 0 Å². The second-order valence-corrected chi connectivity index (χ2v) is 16.1. The molecule has 290 valence electrons. The predicted molar refractivity (Wildman–Crippen MR) is 249 cm³/mol. The molecule has 3 heteroatoms. The molecule has 0 fully saturated rings. The standard InChI is InChI=1S/C57H46N2O/c1-39(40-16-8-4-9-17-40)41-24-26-44(27-25-41)47-36-54(59-55(37-47)52-38-51(28-29-56(52)60)57(2,3)50-22-14-7-15-23-50)49-33-46(43-20-12-6-13-21-43)32-48(34-49)53-35-45(30-31-58-53)42-18-10-5-11-19-42/h4-39,60H,1-3H3. The van der Waals surface area contributed by atoms with Crippen LogP contribution in [0, 0.1) is 0 Å². The lowest BCUT2D eigenvalue weighted by atomic mass is 9.77. The zero-order chi connectivity index (χ0) is 41.1. The van der Waals surface area contributed by atoms with E-state index in [-0.39, 0.29) is 17.1 Å². The van der Waals surface area contributed by atoms with Crippen molar-refractivity contribution in [3.05, 3.63) is 235 Å². The lowest BCUT2D eigenvalue weighted by Crippen LogP contribution is -2.18. The van der Waals surface area contributed by atoms with Gasteiger partial charge in [0, 0.05) is 34.2 Å². The fraction of sp³-hybridized carbons (Fsp3) is 0.0877. The highest BCUT2D eigenvalue weighted by Crippen LogP contribution is 2.41. The summed E-state index contributed by atoms with van der Waals surface area (Å²) in [6.07, 6.45) is 1.89. The summed E-state index contributed by atoms with van der Waals surface area (Å²) in [5.41, 5.74) is 16.0. The summed E-state index contributed by atoms with van der Waals surface area (Å²) in [4.78, 5) is 10.3. The Bertz CT molecular complexity index is 2890. The Balaban J connectivity index is 1.22. The van der Waals surface area contributed by atoms with Crippen molar-refractivity contribution < 1.29 is 5.11 Å². The molecule has 3 nitrogen and oxygen atoms in total. The van der Waals surface area contributed by atoms with Gasteiger partial charge in [-0.1, -0.05) is 172 Å². The minimum Gasteiger partial charge on any atom is -0.507 e. The fourth-order valence-electron chi connectivity index (χ4n) is 8.15. The molecule has 9 aromatic rings.